The lowest BCUT2D eigenvalue weighted by Gasteiger charge is -2.29. The number of amides is 2. The molecule has 120 valence electrons. The van der Waals surface area contributed by atoms with Crippen LogP contribution in [0, 0.1) is 11.8 Å². The number of rotatable bonds is 7. The second-order valence-corrected chi connectivity index (χ2v) is 6.68. The Balaban J connectivity index is 1.60. The van der Waals surface area contributed by atoms with E-state index >= 15 is 0 Å². The van der Waals surface area contributed by atoms with E-state index in [1.165, 1.54) is 12.8 Å². The van der Waals surface area contributed by atoms with Gasteiger partial charge in [-0.25, -0.2) is 4.79 Å². The van der Waals surface area contributed by atoms with Crippen LogP contribution in [0.4, 0.5) is 10.5 Å². The van der Waals surface area contributed by atoms with Crippen molar-refractivity contribution in [2.75, 3.05) is 18.5 Å². The van der Waals surface area contributed by atoms with E-state index in [0.29, 0.717) is 29.9 Å². The summed E-state index contributed by atoms with van der Waals surface area (Å²) in [6, 6.07) is 7.16. The number of benzene rings is 1. The molecular weight excluding hydrogens is 280 g/mol. The first kappa shape index (κ1) is 15.2. The first-order valence-corrected chi connectivity index (χ1v) is 8.02. The average molecular weight is 304 g/mol. The number of aliphatic hydroxyl groups is 1. The fourth-order valence-corrected chi connectivity index (χ4v) is 2.59. The first-order valence-electron chi connectivity index (χ1n) is 8.02. The Labute approximate surface area is 131 Å². The molecule has 2 fully saturated rings. The van der Waals surface area contributed by atoms with Gasteiger partial charge in [0, 0.05) is 0 Å². The molecule has 1 aromatic carbocycles. The van der Waals surface area contributed by atoms with E-state index in [1.807, 2.05) is 31.2 Å². The minimum atomic E-state index is -0.548. The lowest BCUT2D eigenvalue weighted by Crippen LogP contribution is -2.52. The van der Waals surface area contributed by atoms with E-state index in [0.717, 1.165) is 12.8 Å². The molecule has 0 aliphatic heterocycles. The van der Waals surface area contributed by atoms with Crippen LogP contribution in [0.5, 0.6) is 5.75 Å². The molecule has 0 heterocycles. The molecule has 0 bridgehead atoms. The summed E-state index contributed by atoms with van der Waals surface area (Å²) in [5.41, 5.74) is 0.116. The number of nitrogens with one attached hydrogen (secondary N) is 2. The maximum atomic E-state index is 12.2. The highest BCUT2D eigenvalue weighted by atomic mass is 16.5. The zero-order chi connectivity index (χ0) is 15.6. The van der Waals surface area contributed by atoms with Crippen LogP contribution in [-0.2, 0) is 0 Å². The van der Waals surface area contributed by atoms with Gasteiger partial charge in [-0.05, 0) is 56.6 Å². The van der Waals surface area contributed by atoms with Gasteiger partial charge in [0.05, 0.1) is 24.4 Å². The van der Waals surface area contributed by atoms with Gasteiger partial charge in [0.2, 0.25) is 0 Å². The van der Waals surface area contributed by atoms with Gasteiger partial charge in [-0.15, -0.1) is 0 Å². The fourth-order valence-electron chi connectivity index (χ4n) is 2.59. The Hall–Kier alpha value is -1.75. The van der Waals surface area contributed by atoms with Crippen molar-refractivity contribution in [3.63, 3.8) is 0 Å². The molecular formula is C17H24N2O3. The summed E-state index contributed by atoms with van der Waals surface area (Å²) in [6.45, 7) is 2.54. The zero-order valence-electron chi connectivity index (χ0n) is 13.0. The molecule has 1 atom stereocenters. The van der Waals surface area contributed by atoms with Crippen LogP contribution in [0.3, 0.4) is 0 Å². The summed E-state index contributed by atoms with van der Waals surface area (Å²) >= 11 is 0. The smallest absolute Gasteiger partial charge is 0.319 e. The molecule has 0 aromatic heterocycles. The van der Waals surface area contributed by atoms with Gasteiger partial charge in [-0.3, -0.25) is 0 Å². The van der Waals surface area contributed by atoms with Crippen molar-refractivity contribution in [2.24, 2.45) is 11.8 Å². The molecule has 2 amide bonds. The van der Waals surface area contributed by atoms with Crippen molar-refractivity contribution in [3.8, 4) is 5.75 Å². The predicted octanol–water partition coefficient (Wildman–Crippen LogP) is 2.76. The predicted molar refractivity (Wildman–Crippen MR) is 85.0 cm³/mol. The van der Waals surface area contributed by atoms with E-state index in [2.05, 4.69) is 10.6 Å². The van der Waals surface area contributed by atoms with Gasteiger partial charge in [-0.1, -0.05) is 12.1 Å². The van der Waals surface area contributed by atoms with E-state index in [4.69, 9.17) is 4.74 Å². The normalized spacial score (nSPS) is 20.1. The minimum absolute atomic E-state index is 0.0507. The van der Waals surface area contributed by atoms with Crippen molar-refractivity contribution in [3.05, 3.63) is 24.3 Å². The molecule has 22 heavy (non-hydrogen) atoms. The number of anilines is 1. The van der Waals surface area contributed by atoms with Crippen LogP contribution < -0.4 is 15.4 Å². The van der Waals surface area contributed by atoms with Gasteiger partial charge in [-0.2, -0.15) is 0 Å². The Bertz CT molecular complexity index is 540. The molecule has 5 heteroatoms. The summed E-state index contributed by atoms with van der Waals surface area (Å²) in [7, 11) is 0. The van der Waals surface area contributed by atoms with E-state index in [9.17, 15) is 9.90 Å². The minimum Gasteiger partial charge on any atom is -0.491 e. The topological polar surface area (TPSA) is 70.6 Å². The number of carbonyl (C=O) groups excluding carboxylic acids is 1. The summed E-state index contributed by atoms with van der Waals surface area (Å²) in [5, 5.41) is 15.3. The van der Waals surface area contributed by atoms with Crippen LogP contribution in [0.1, 0.15) is 32.6 Å². The van der Waals surface area contributed by atoms with Crippen molar-refractivity contribution < 1.29 is 14.6 Å². The van der Waals surface area contributed by atoms with Crippen LogP contribution in [0.25, 0.3) is 0 Å². The van der Waals surface area contributed by atoms with Gasteiger partial charge in [0.1, 0.15) is 5.75 Å². The Morgan fingerprint density at radius 3 is 2.68 bits per heavy atom. The molecule has 2 aliphatic rings. The molecule has 2 aliphatic carbocycles. The lowest BCUT2D eigenvalue weighted by molar-refractivity contribution is 0.159. The van der Waals surface area contributed by atoms with Gasteiger partial charge in [0.25, 0.3) is 0 Å². The average Bonchev–Trinajstić information content (AvgIpc) is 3.39. The Morgan fingerprint density at radius 2 is 2.05 bits per heavy atom. The monoisotopic (exact) mass is 304 g/mol. The van der Waals surface area contributed by atoms with E-state index < -0.39 is 5.54 Å². The molecule has 0 radical (unpaired) electrons. The van der Waals surface area contributed by atoms with Gasteiger partial charge >= 0.3 is 6.03 Å². The van der Waals surface area contributed by atoms with Crippen LogP contribution >= 0.6 is 0 Å². The fraction of sp³-hybridized carbons (Fsp3) is 0.588. The second-order valence-electron chi connectivity index (χ2n) is 6.68. The largest absolute Gasteiger partial charge is 0.491 e. The highest BCUT2D eigenvalue weighted by Crippen LogP contribution is 2.39. The number of hydrogen-bond acceptors (Lipinski definition) is 3. The summed E-state index contributed by atoms with van der Waals surface area (Å²) in [4.78, 5) is 12.2. The third-order valence-electron chi connectivity index (χ3n) is 4.51. The van der Waals surface area contributed by atoms with Crippen LogP contribution in [0.15, 0.2) is 24.3 Å². The molecule has 1 aromatic rings. The molecule has 2 saturated carbocycles. The van der Waals surface area contributed by atoms with Crippen molar-refractivity contribution >= 4 is 11.7 Å². The van der Waals surface area contributed by atoms with E-state index in [1.54, 1.807) is 0 Å². The summed E-state index contributed by atoms with van der Waals surface area (Å²) in [6.07, 6.45) is 4.56. The molecule has 1 unspecified atom stereocenters. The number of aliphatic hydroxyl groups excluding tert-OH is 1. The first-order chi connectivity index (χ1) is 10.6. The van der Waals surface area contributed by atoms with Crippen LogP contribution in [-0.4, -0.2) is 29.9 Å². The molecule has 3 rings (SSSR count). The zero-order valence-corrected chi connectivity index (χ0v) is 13.0. The SMILES string of the molecule is CC(CO)(NC(=O)Nc1ccccc1OCC1CC1)C1CC1. The third kappa shape index (κ3) is 3.71. The van der Waals surface area contributed by atoms with Crippen LogP contribution in [0.2, 0.25) is 0 Å². The lowest BCUT2D eigenvalue weighted by atomic mass is 9.97. The van der Waals surface area contributed by atoms with Gasteiger partial charge < -0.3 is 20.5 Å². The molecule has 5 nitrogen and oxygen atoms in total. The molecule has 0 spiro atoms. The maximum absolute atomic E-state index is 12.2. The number of hydrogen-bond donors (Lipinski definition) is 3. The summed E-state index contributed by atoms with van der Waals surface area (Å²) in [5.74, 6) is 1.72. The quantitative estimate of drug-likeness (QED) is 0.725. The second kappa shape index (κ2) is 6.16. The van der Waals surface area contributed by atoms with Crippen molar-refractivity contribution in [1.82, 2.24) is 5.32 Å². The number of ether oxygens (including phenoxy) is 1. The van der Waals surface area contributed by atoms with Gasteiger partial charge in [0.15, 0.2) is 0 Å². The number of urea groups is 1. The number of para-hydroxylation sites is 2. The Kier molecular flexibility index (Phi) is 4.25. The highest BCUT2D eigenvalue weighted by molar-refractivity contribution is 5.91. The van der Waals surface area contributed by atoms with Crippen molar-refractivity contribution in [1.29, 1.82) is 0 Å². The summed E-state index contributed by atoms with van der Waals surface area (Å²) < 4.78 is 5.79. The highest BCUT2D eigenvalue weighted by Gasteiger charge is 2.42. The molecule has 0 saturated heterocycles. The standard InChI is InChI=1S/C17H24N2O3/c1-17(11-20,13-8-9-13)19-16(21)18-14-4-2-3-5-15(14)22-10-12-6-7-12/h2-5,12-13,20H,6-11H2,1H3,(H2,18,19,21). The Morgan fingerprint density at radius 1 is 1.32 bits per heavy atom. The third-order valence-corrected chi connectivity index (χ3v) is 4.51. The number of carbonyl (C=O) groups is 1. The van der Waals surface area contributed by atoms with Crippen molar-refractivity contribution in [2.45, 2.75) is 38.1 Å². The molecule has 3 N–H and O–H groups in total. The maximum Gasteiger partial charge on any atom is 0.319 e. The van der Waals surface area contributed by atoms with E-state index in [-0.39, 0.29) is 12.6 Å².